The topological polar surface area (TPSA) is 55.1 Å². The number of anilines is 1. The van der Waals surface area contributed by atoms with Gasteiger partial charge in [-0.15, -0.1) is 11.8 Å². The maximum Gasteiger partial charge on any atom is 0.247 e. The van der Waals surface area contributed by atoms with Crippen LogP contribution < -0.4 is 11.1 Å². The molecule has 0 radical (unpaired) electrons. The number of benzene rings is 2. The van der Waals surface area contributed by atoms with E-state index >= 15 is 0 Å². The molecule has 0 aromatic heterocycles. The van der Waals surface area contributed by atoms with E-state index in [9.17, 15) is 4.79 Å². The van der Waals surface area contributed by atoms with Crippen molar-refractivity contribution < 1.29 is 4.79 Å². The lowest BCUT2D eigenvalue weighted by atomic mass is 9.91. The van der Waals surface area contributed by atoms with Gasteiger partial charge in [0.05, 0.1) is 0 Å². The lowest BCUT2D eigenvalue weighted by Gasteiger charge is -2.29. The molecule has 0 bridgehead atoms. The first-order chi connectivity index (χ1) is 9.56. The molecule has 3 N–H and O–H groups in total. The number of amides is 1. The average molecular weight is 286 g/mol. The third kappa shape index (κ3) is 2.96. The second-order valence-corrected chi connectivity index (χ2v) is 5.59. The molecule has 2 aromatic rings. The van der Waals surface area contributed by atoms with E-state index in [0.29, 0.717) is 0 Å². The molecule has 4 heteroatoms. The van der Waals surface area contributed by atoms with Crippen molar-refractivity contribution in [3.8, 4) is 0 Å². The van der Waals surface area contributed by atoms with E-state index in [1.165, 1.54) is 0 Å². The van der Waals surface area contributed by atoms with E-state index < -0.39 is 11.4 Å². The Morgan fingerprint density at radius 3 is 2.20 bits per heavy atom. The summed E-state index contributed by atoms with van der Waals surface area (Å²) in [6.07, 6.45) is 2.02. The molecule has 2 aromatic carbocycles. The number of nitrogens with two attached hydrogens (primary N) is 1. The first-order valence-corrected chi connectivity index (χ1v) is 7.56. The van der Waals surface area contributed by atoms with Crippen LogP contribution in [0.25, 0.3) is 0 Å². The third-order valence-electron chi connectivity index (χ3n) is 3.33. The minimum Gasteiger partial charge on any atom is -0.368 e. The van der Waals surface area contributed by atoms with Crippen LogP contribution in [-0.4, -0.2) is 12.2 Å². The fourth-order valence-corrected chi connectivity index (χ4v) is 2.42. The quantitative estimate of drug-likeness (QED) is 0.830. The van der Waals surface area contributed by atoms with Crippen molar-refractivity contribution in [3.05, 3.63) is 60.2 Å². The van der Waals surface area contributed by atoms with Gasteiger partial charge in [-0.1, -0.05) is 30.3 Å². The molecule has 20 heavy (non-hydrogen) atoms. The van der Waals surface area contributed by atoms with Crippen LogP contribution in [0.2, 0.25) is 0 Å². The Labute approximate surface area is 123 Å². The fourth-order valence-electron chi connectivity index (χ4n) is 2.01. The first-order valence-electron chi connectivity index (χ1n) is 6.34. The molecule has 1 unspecified atom stereocenters. The highest BCUT2D eigenvalue weighted by atomic mass is 32.2. The molecule has 0 heterocycles. The lowest BCUT2D eigenvalue weighted by molar-refractivity contribution is -0.122. The van der Waals surface area contributed by atoms with Crippen LogP contribution in [0.4, 0.5) is 5.69 Å². The van der Waals surface area contributed by atoms with E-state index in [1.54, 1.807) is 18.7 Å². The highest BCUT2D eigenvalue weighted by molar-refractivity contribution is 7.98. The number of para-hydroxylation sites is 1. The summed E-state index contributed by atoms with van der Waals surface area (Å²) in [6, 6.07) is 17.5. The zero-order valence-corrected chi connectivity index (χ0v) is 12.4. The molecule has 0 fully saturated rings. The van der Waals surface area contributed by atoms with Crippen LogP contribution >= 0.6 is 11.8 Å². The van der Waals surface area contributed by atoms with E-state index in [-0.39, 0.29) is 0 Å². The Hall–Kier alpha value is -1.94. The summed E-state index contributed by atoms with van der Waals surface area (Å²) in [4.78, 5) is 13.1. The molecule has 104 valence electrons. The number of rotatable bonds is 5. The van der Waals surface area contributed by atoms with Crippen molar-refractivity contribution in [1.82, 2.24) is 0 Å². The maximum atomic E-state index is 11.9. The smallest absolute Gasteiger partial charge is 0.247 e. The van der Waals surface area contributed by atoms with Crippen molar-refractivity contribution in [2.24, 2.45) is 5.73 Å². The van der Waals surface area contributed by atoms with E-state index in [0.717, 1.165) is 16.1 Å². The van der Waals surface area contributed by atoms with Gasteiger partial charge in [0.15, 0.2) is 0 Å². The SMILES string of the molecule is CSc1ccc(C(C)(Nc2ccccc2)C(N)=O)cc1. The highest BCUT2D eigenvalue weighted by Gasteiger charge is 2.33. The number of nitrogens with one attached hydrogen (secondary N) is 1. The van der Waals surface area contributed by atoms with Crippen LogP contribution in [0, 0.1) is 0 Å². The molecule has 0 aliphatic heterocycles. The van der Waals surface area contributed by atoms with Crippen LogP contribution in [-0.2, 0) is 10.3 Å². The van der Waals surface area contributed by atoms with Gasteiger partial charge >= 0.3 is 0 Å². The summed E-state index contributed by atoms with van der Waals surface area (Å²) in [5.41, 5.74) is 6.40. The molecular formula is C16H18N2OS. The van der Waals surface area contributed by atoms with Gasteiger partial charge in [-0.3, -0.25) is 4.79 Å². The first kappa shape index (κ1) is 14.5. The number of hydrogen-bond acceptors (Lipinski definition) is 3. The molecule has 0 saturated heterocycles. The Balaban J connectivity index is 2.35. The van der Waals surface area contributed by atoms with Gasteiger partial charge in [-0.05, 0) is 43.0 Å². The van der Waals surface area contributed by atoms with Crippen molar-refractivity contribution in [3.63, 3.8) is 0 Å². The van der Waals surface area contributed by atoms with Crippen molar-refractivity contribution in [2.75, 3.05) is 11.6 Å². The van der Waals surface area contributed by atoms with E-state index in [1.807, 2.05) is 60.9 Å². The third-order valence-corrected chi connectivity index (χ3v) is 4.07. The molecule has 3 nitrogen and oxygen atoms in total. The zero-order valence-electron chi connectivity index (χ0n) is 11.6. The van der Waals surface area contributed by atoms with Gasteiger partial charge < -0.3 is 11.1 Å². The van der Waals surface area contributed by atoms with Gasteiger partial charge in [0, 0.05) is 10.6 Å². The fraction of sp³-hybridized carbons (Fsp3) is 0.188. The summed E-state index contributed by atoms with van der Waals surface area (Å²) >= 11 is 1.66. The number of carbonyl (C=O) groups is 1. The Bertz CT molecular complexity index is 583. The summed E-state index contributed by atoms with van der Waals surface area (Å²) in [7, 11) is 0. The molecular weight excluding hydrogens is 268 g/mol. The number of thioether (sulfide) groups is 1. The largest absolute Gasteiger partial charge is 0.368 e. The summed E-state index contributed by atoms with van der Waals surface area (Å²) < 4.78 is 0. The minimum absolute atomic E-state index is 0.404. The standard InChI is InChI=1S/C16H18N2OS/c1-16(15(17)19,18-13-6-4-3-5-7-13)12-8-10-14(20-2)11-9-12/h3-11,18H,1-2H3,(H2,17,19). The molecule has 0 spiro atoms. The summed E-state index contributed by atoms with van der Waals surface area (Å²) in [5.74, 6) is -0.404. The van der Waals surface area contributed by atoms with Gasteiger partial charge in [0.1, 0.15) is 5.54 Å². The molecule has 1 atom stereocenters. The Kier molecular flexibility index (Phi) is 4.35. The maximum absolute atomic E-state index is 11.9. The van der Waals surface area contributed by atoms with Crippen LogP contribution in [0.15, 0.2) is 59.5 Å². The van der Waals surface area contributed by atoms with Crippen molar-refractivity contribution in [2.45, 2.75) is 17.4 Å². The van der Waals surface area contributed by atoms with E-state index in [4.69, 9.17) is 5.73 Å². The number of hydrogen-bond donors (Lipinski definition) is 2. The average Bonchev–Trinajstić information content (AvgIpc) is 2.48. The van der Waals surface area contributed by atoms with Crippen LogP contribution in [0.3, 0.4) is 0 Å². The monoisotopic (exact) mass is 286 g/mol. The summed E-state index contributed by atoms with van der Waals surface area (Å²) in [6.45, 7) is 1.80. The second-order valence-electron chi connectivity index (χ2n) is 4.71. The second kappa shape index (κ2) is 6.01. The van der Waals surface area contributed by atoms with Gasteiger partial charge in [-0.2, -0.15) is 0 Å². The van der Waals surface area contributed by atoms with E-state index in [2.05, 4.69) is 5.32 Å². The lowest BCUT2D eigenvalue weighted by Crippen LogP contribution is -2.45. The molecule has 1 amide bonds. The van der Waals surface area contributed by atoms with Crippen LogP contribution in [0.1, 0.15) is 12.5 Å². The van der Waals surface area contributed by atoms with Gasteiger partial charge in [0.25, 0.3) is 0 Å². The van der Waals surface area contributed by atoms with Crippen molar-refractivity contribution >= 4 is 23.4 Å². The van der Waals surface area contributed by atoms with Gasteiger partial charge in [0.2, 0.25) is 5.91 Å². The van der Waals surface area contributed by atoms with Crippen molar-refractivity contribution in [1.29, 1.82) is 0 Å². The Morgan fingerprint density at radius 1 is 1.10 bits per heavy atom. The zero-order chi connectivity index (χ0) is 14.6. The summed E-state index contributed by atoms with van der Waals surface area (Å²) in [5, 5.41) is 3.23. The van der Waals surface area contributed by atoms with Crippen LogP contribution in [0.5, 0.6) is 0 Å². The predicted molar refractivity (Wildman–Crippen MR) is 84.8 cm³/mol. The normalized spacial score (nSPS) is 13.5. The minimum atomic E-state index is -0.932. The number of carbonyl (C=O) groups excluding carboxylic acids is 1. The molecule has 0 saturated carbocycles. The molecule has 0 aliphatic rings. The molecule has 2 rings (SSSR count). The van der Waals surface area contributed by atoms with Gasteiger partial charge in [-0.25, -0.2) is 0 Å². The Morgan fingerprint density at radius 2 is 1.70 bits per heavy atom. The highest BCUT2D eigenvalue weighted by Crippen LogP contribution is 2.27. The number of primary amides is 1. The molecule has 0 aliphatic carbocycles. The predicted octanol–water partition coefficient (Wildman–Crippen LogP) is 3.22.